The first-order chi connectivity index (χ1) is 21.6. The fraction of sp³-hybridized carbons (Fsp3) is 0.412. The van der Waals surface area contributed by atoms with E-state index in [2.05, 4.69) is 48.1 Å². The highest BCUT2D eigenvalue weighted by Crippen LogP contribution is 2.26. The van der Waals surface area contributed by atoms with Crippen molar-refractivity contribution in [3.63, 3.8) is 0 Å². The maximum absolute atomic E-state index is 11.3. The summed E-state index contributed by atoms with van der Waals surface area (Å²) in [6, 6.07) is 16.4. The van der Waals surface area contributed by atoms with Gasteiger partial charge in [-0.05, 0) is 75.9 Å². The number of esters is 1. The van der Waals surface area contributed by atoms with Gasteiger partial charge in [0.15, 0.2) is 0 Å². The van der Waals surface area contributed by atoms with Gasteiger partial charge in [0.1, 0.15) is 11.5 Å². The van der Waals surface area contributed by atoms with Crippen LogP contribution in [0.2, 0.25) is 0 Å². The van der Waals surface area contributed by atoms with E-state index in [1.54, 1.807) is 13.8 Å². The van der Waals surface area contributed by atoms with Crippen LogP contribution in [0.5, 0.6) is 0 Å². The van der Waals surface area contributed by atoms with E-state index in [9.17, 15) is 9.59 Å². The summed E-state index contributed by atoms with van der Waals surface area (Å²) in [7, 11) is 0. The molecule has 4 rings (SSSR count). The third kappa shape index (κ3) is 13.2. The van der Waals surface area contributed by atoms with E-state index in [0.717, 1.165) is 46.9 Å². The fourth-order valence-electron chi connectivity index (χ4n) is 3.81. The smallest absolute Gasteiger partial charge is 0.315 e. The van der Waals surface area contributed by atoms with Crippen molar-refractivity contribution in [3.05, 3.63) is 82.6 Å². The SMILES string of the molecule is CCO.CCOC(=O)CSCc1nc(-c2ccc(CC)cc2)oc1C.CCc1ccc(-c2nc(CSCC(=O)O)c(C)o2)cc1. The van der Waals surface area contributed by atoms with Crippen LogP contribution in [0.3, 0.4) is 0 Å². The highest BCUT2D eigenvalue weighted by atomic mass is 32.2. The molecule has 0 aliphatic carbocycles. The molecule has 0 atom stereocenters. The third-order valence-electron chi connectivity index (χ3n) is 6.23. The minimum absolute atomic E-state index is 0.0762. The quantitative estimate of drug-likeness (QED) is 0.138. The largest absolute Gasteiger partial charge is 0.481 e. The van der Waals surface area contributed by atoms with Gasteiger partial charge in [-0.1, -0.05) is 38.1 Å². The molecule has 244 valence electrons. The van der Waals surface area contributed by atoms with Crippen molar-refractivity contribution in [1.82, 2.24) is 9.97 Å². The summed E-state index contributed by atoms with van der Waals surface area (Å²) in [4.78, 5) is 30.8. The number of aromatic nitrogens is 2. The molecule has 0 aliphatic heterocycles. The van der Waals surface area contributed by atoms with E-state index in [1.807, 2.05) is 38.1 Å². The van der Waals surface area contributed by atoms with Gasteiger partial charge in [-0.2, -0.15) is 0 Å². The Morgan fingerprint density at radius 3 is 1.49 bits per heavy atom. The Morgan fingerprint density at radius 2 is 1.13 bits per heavy atom. The van der Waals surface area contributed by atoms with Gasteiger partial charge in [0.2, 0.25) is 11.8 Å². The molecular formula is C34H44N2O7S2. The Hall–Kier alpha value is -3.54. The zero-order valence-electron chi connectivity index (χ0n) is 26.9. The molecule has 0 unspecified atom stereocenters. The molecule has 11 heteroatoms. The number of nitrogens with zero attached hydrogens (tertiary/aromatic N) is 2. The van der Waals surface area contributed by atoms with Crippen LogP contribution in [0, 0.1) is 13.8 Å². The number of carbonyl (C=O) groups excluding carboxylic acids is 1. The Labute approximate surface area is 274 Å². The van der Waals surface area contributed by atoms with E-state index in [0.29, 0.717) is 35.6 Å². The minimum Gasteiger partial charge on any atom is -0.481 e. The first-order valence-corrected chi connectivity index (χ1v) is 17.2. The second-order valence-electron chi connectivity index (χ2n) is 9.65. The number of aliphatic carboxylic acids is 1. The van der Waals surface area contributed by atoms with Crippen molar-refractivity contribution >= 4 is 35.5 Å². The third-order valence-corrected chi connectivity index (χ3v) is 8.08. The predicted octanol–water partition coefficient (Wildman–Crippen LogP) is 7.54. The highest BCUT2D eigenvalue weighted by molar-refractivity contribution is 7.99. The molecule has 0 spiro atoms. The Bertz CT molecular complexity index is 1450. The Kier molecular flexibility index (Phi) is 17.1. The number of carboxylic acid groups (broad SMARTS) is 1. The van der Waals surface area contributed by atoms with Gasteiger partial charge >= 0.3 is 11.9 Å². The number of thioether (sulfide) groups is 2. The number of hydrogen-bond donors (Lipinski definition) is 2. The van der Waals surface area contributed by atoms with Gasteiger partial charge < -0.3 is 23.8 Å². The molecule has 2 heterocycles. The molecule has 0 aliphatic rings. The van der Waals surface area contributed by atoms with E-state index >= 15 is 0 Å². The number of carbonyl (C=O) groups is 2. The van der Waals surface area contributed by atoms with E-state index in [1.165, 1.54) is 34.7 Å². The molecule has 2 N–H and O–H groups in total. The van der Waals surface area contributed by atoms with Crippen molar-refractivity contribution in [2.75, 3.05) is 24.7 Å². The van der Waals surface area contributed by atoms with Gasteiger partial charge in [0.25, 0.3) is 0 Å². The average Bonchev–Trinajstić information content (AvgIpc) is 3.59. The van der Waals surface area contributed by atoms with Crippen LogP contribution in [0.4, 0.5) is 0 Å². The second kappa shape index (κ2) is 20.5. The number of aryl methyl sites for hydroxylation is 4. The summed E-state index contributed by atoms with van der Waals surface area (Å²) in [5.41, 5.74) is 6.17. The second-order valence-corrected chi connectivity index (χ2v) is 11.6. The predicted molar refractivity (Wildman–Crippen MR) is 181 cm³/mol. The van der Waals surface area contributed by atoms with Crippen LogP contribution in [-0.2, 0) is 38.7 Å². The van der Waals surface area contributed by atoms with Gasteiger partial charge in [0.05, 0.1) is 29.5 Å². The molecule has 0 radical (unpaired) electrons. The van der Waals surface area contributed by atoms with Crippen LogP contribution in [0.15, 0.2) is 57.4 Å². The number of aliphatic hydroxyl groups excluding tert-OH is 1. The number of aliphatic hydroxyl groups is 1. The summed E-state index contributed by atoms with van der Waals surface area (Å²) in [5, 5.41) is 16.2. The van der Waals surface area contributed by atoms with Crippen LogP contribution in [0.25, 0.3) is 22.9 Å². The number of rotatable bonds is 13. The van der Waals surface area contributed by atoms with Gasteiger partial charge in [0, 0.05) is 29.2 Å². The standard InChI is InChI=1S/C17H21NO3S.C15H17NO3S.C2H6O/c1-4-13-6-8-14(9-7-13)17-18-15(12(3)21-17)10-22-11-16(19)20-5-2;1-3-11-4-6-12(7-5-11)15-16-13(10(2)19-15)8-20-9-14(17)18;1-2-3/h6-9H,4-5,10-11H2,1-3H3;4-7H,3,8-9H2,1-2H3,(H,17,18);3H,2H2,1H3. The maximum Gasteiger partial charge on any atom is 0.315 e. The first kappa shape index (κ1) is 37.6. The van der Waals surface area contributed by atoms with Crippen molar-refractivity contribution in [3.8, 4) is 22.9 Å². The number of oxazole rings is 2. The lowest BCUT2D eigenvalue weighted by atomic mass is 10.1. The molecule has 0 saturated carbocycles. The lowest BCUT2D eigenvalue weighted by Gasteiger charge is -2.00. The number of benzene rings is 2. The number of carboxylic acids is 1. The van der Waals surface area contributed by atoms with Crippen molar-refractivity contribution < 1.29 is 33.4 Å². The Balaban J connectivity index is 0.000000289. The van der Waals surface area contributed by atoms with Crippen LogP contribution >= 0.6 is 23.5 Å². The van der Waals surface area contributed by atoms with Crippen LogP contribution < -0.4 is 0 Å². The van der Waals surface area contributed by atoms with E-state index in [-0.39, 0.29) is 18.3 Å². The molecule has 0 fully saturated rings. The summed E-state index contributed by atoms with van der Waals surface area (Å²) in [6.07, 6.45) is 2.02. The first-order valence-electron chi connectivity index (χ1n) is 14.9. The van der Waals surface area contributed by atoms with Crippen molar-refractivity contribution in [1.29, 1.82) is 0 Å². The normalized spacial score (nSPS) is 10.4. The van der Waals surface area contributed by atoms with Crippen LogP contribution in [-0.4, -0.2) is 56.8 Å². The zero-order valence-corrected chi connectivity index (χ0v) is 28.6. The van der Waals surface area contributed by atoms with Crippen molar-refractivity contribution in [2.45, 2.75) is 65.9 Å². The average molecular weight is 657 g/mol. The van der Waals surface area contributed by atoms with E-state index < -0.39 is 5.97 Å². The number of hydrogen-bond acceptors (Lipinski definition) is 10. The molecule has 0 amide bonds. The number of ether oxygens (including phenoxy) is 1. The molecule has 9 nitrogen and oxygen atoms in total. The lowest BCUT2D eigenvalue weighted by Crippen LogP contribution is -2.06. The molecule has 45 heavy (non-hydrogen) atoms. The zero-order chi connectivity index (χ0) is 33.2. The van der Waals surface area contributed by atoms with Crippen LogP contribution in [0.1, 0.15) is 61.7 Å². The van der Waals surface area contributed by atoms with Gasteiger partial charge in [-0.15, -0.1) is 23.5 Å². The Morgan fingerprint density at radius 1 is 0.733 bits per heavy atom. The maximum atomic E-state index is 11.3. The molecule has 2 aromatic heterocycles. The fourth-order valence-corrected chi connectivity index (χ4v) is 5.36. The van der Waals surface area contributed by atoms with Gasteiger partial charge in [-0.25, -0.2) is 9.97 Å². The summed E-state index contributed by atoms with van der Waals surface area (Å²) in [6.45, 7) is 12.1. The monoisotopic (exact) mass is 656 g/mol. The summed E-state index contributed by atoms with van der Waals surface area (Å²) >= 11 is 2.81. The molecule has 0 bridgehead atoms. The highest BCUT2D eigenvalue weighted by Gasteiger charge is 2.13. The molecule has 2 aromatic carbocycles. The lowest BCUT2D eigenvalue weighted by molar-refractivity contribution is -0.140. The van der Waals surface area contributed by atoms with E-state index in [4.69, 9.17) is 23.8 Å². The van der Waals surface area contributed by atoms with Gasteiger partial charge in [-0.3, -0.25) is 9.59 Å². The summed E-state index contributed by atoms with van der Waals surface area (Å²) in [5.74, 6) is 3.37. The molecule has 0 saturated heterocycles. The topological polar surface area (TPSA) is 136 Å². The molecule has 4 aromatic rings. The summed E-state index contributed by atoms with van der Waals surface area (Å²) < 4.78 is 16.3. The van der Waals surface area contributed by atoms with Crippen molar-refractivity contribution in [2.24, 2.45) is 0 Å². The minimum atomic E-state index is -0.813. The molecular weight excluding hydrogens is 613 g/mol.